The van der Waals surface area contributed by atoms with Crippen LogP contribution in [0.15, 0.2) is 12.1 Å². The second-order valence-corrected chi connectivity index (χ2v) is 3.82. The van der Waals surface area contributed by atoms with Crippen molar-refractivity contribution in [2.45, 2.75) is 33.2 Å². The van der Waals surface area contributed by atoms with E-state index in [0.717, 1.165) is 12.8 Å². The quantitative estimate of drug-likeness (QED) is 0.767. The number of benzene rings is 1. The fourth-order valence-electron chi connectivity index (χ4n) is 1.46. The average molecular weight is 239 g/mol. The minimum atomic E-state index is 0.132. The number of hydrogen-bond acceptors (Lipinski definition) is 4. The molecular formula is C13H21NO3. The summed E-state index contributed by atoms with van der Waals surface area (Å²) >= 11 is 0. The summed E-state index contributed by atoms with van der Waals surface area (Å²) in [4.78, 5) is 0. The normalized spacial score (nSPS) is 10.3. The van der Waals surface area contributed by atoms with Crippen LogP contribution in [0, 0.1) is 0 Å². The van der Waals surface area contributed by atoms with Crippen molar-refractivity contribution >= 4 is 0 Å². The number of phenols is 1. The first-order valence-electron chi connectivity index (χ1n) is 6.04. The molecule has 17 heavy (non-hydrogen) atoms. The Morgan fingerprint density at radius 3 is 2.35 bits per heavy atom. The van der Waals surface area contributed by atoms with Crippen molar-refractivity contribution in [3.63, 3.8) is 0 Å². The molecule has 0 saturated carbocycles. The highest BCUT2D eigenvalue weighted by Gasteiger charge is 2.11. The number of phenolic OH excluding ortho intramolecular Hbond substituents is 1. The van der Waals surface area contributed by atoms with E-state index in [0.29, 0.717) is 30.3 Å². The van der Waals surface area contributed by atoms with Gasteiger partial charge in [-0.1, -0.05) is 13.8 Å². The van der Waals surface area contributed by atoms with Gasteiger partial charge in [0, 0.05) is 24.2 Å². The molecule has 0 radical (unpaired) electrons. The Morgan fingerprint density at radius 2 is 1.76 bits per heavy atom. The van der Waals surface area contributed by atoms with Gasteiger partial charge < -0.3 is 20.3 Å². The van der Waals surface area contributed by atoms with Crippen LogP contribution in [0.25, 0.3) is 0 Å². The highest BCUT2D eigenvalue weighted by Crippen LogP contribution is 2.33. The van der Waals surface area contributed by atoms with Crippen molar-refractivity contribution in [2.75, 3.05) is 13.2 Å². The number of ether oxygens (including phenoxy) is 2. The fraction of sp³-hybridized carbons (Fsp3) is 0.538. The van der Waals surface area contributed by atoms with Gasteiger partial charge in [-0.2, -0.15) is 0 Å². The summed E-state index contributed by atoms with van der Waals surface area (Å²) in [7, 11) is 0. The zero-order chi connectivity index (χ0) is 12.7. The van der Waals surface area contributed by atoms with Gasteiger partial charge in [-0.25, -0.2) is 0 Å². The number of aromatic hydroxyl groups is 1. The SMILES string of the molecule is CCCOc1cc(O)c(CN)c(OCCC)c1. The zero-order valence-corrected chi connectivity index (χ0v) is 10.5. The lowest BCUT2D eigenvalue weighted by Gasteiger charge is -2.14. The molecule has 0 heterocycles. The summed E-state index contributed by atoms with van der Waals surface area (Å²) in [6.07, 6.45) is 1.83. The van der Waals surface area contributed by atoms with E-state index in [2.05, 4.69) is 0 Å². The smallest absolute Gasteiger partial charge is 0.131 e. The molecule has 4 nitrogen and oxygen atoms in total. The van der Waals surface area contributed by atoms with Crippen LogP contribution in [-0.2, 0) is 6.54 Å². The first-order chi connectivity index (χ1) is 8.22. The lowest BCUT2D eigenvalue weighted by Crippen LogP contribution is -2.05. The number of hydrogen-bond donors (Lipinski definition) is 2. The Labute approximate surface area is 102 Å². The van der Waals surface area contributed by atoms with Crippen LogP contribution < -0.4 is 15.2 Å². The van der Waals surface area contributed by atoms with Gasteiger partial charge in [0.1, 0.15) is 17.2 Å². The molecular weight excluding hydrogens is 218 g/mol. The Hall–Kier alpha value is -1.42. The summed E-state index contributed by atoms with van der Waals surface area (Å²) in [5.74, 6) is 1.36. The van der Waals surface area contributed by atoms with Gasteiger partial charge in [0.2, 0.25) is 0 Å². The first kappa shape index (κ1) is 13.6. The van der Waals surface area contributed by atoms with E-state index in [4.69, 9.17) is 15.2 Å². The monoisotopic (exact) mass is 239 g/mol. The molecule has 96 valence electrons. The van der Waals surface area contributed by atoms with Crippen molar-refractivity contribution in [3.8, 4) is 17.2 Å². The molecule has 1 aromatic rings. The van der Waals surface area contributed by atoms with Crippen molar-refractivity contribution in [1.82, 2.24) is 0 Å². The molecule has 0 bridgehead atoms. The van der Waals surface area contributed by atoms with Crippen molar-refractivity contribution in [2.24, 2.45) is 5.73 Å². The minimum absolute atomic E-state index is 0.132. The third-order valence-corrected chi connectivity index (χ3v) is 2.30. The topological polar surface area (TPSA) is 64.7 Å². The molecule has 0 spiro atoms. The first-order valence-corrected chi connectivity index (χ1v) is 6.04. The predicted molar refractivity (Wildman–Crippen MR) is 67.6 cm³/mol. The number of rotatable bonds is 7. The molecule has 1 aromatic carbocycles. The molecule has 0 unspecified atom stereocenters. The van der Waals surface area contributed by atoms with Crippen LogP contribution >= 0.6 is 0 Å². The van der Waals surface area contributed by atoms with Gasteiger partial charge in [-0.15, -0.1) is 0 Å². The second-order valence-electron chi connectivity index (χ2n) is 3.82. The fourth-order valence-corrected chi connectivity index (χ4v) is 1.46. The molecule has 0 saturated heterocycles. The summed E-state index contributed by atoms with van der Waals surface area (Å²) in [6.45, 7) is 5.53. The maximum atomic E-state index is 9.83. The molecule has 0 aliphatic carbocycles. The highest BCUT2D eigenvalue weighted by molar-refractivity contribution is 5.49. The van der Waals surface area contributed by atoms with E-state index in [1.54, 1.807) is 12.1 Å². The van der Waals surface area contributed by atoms with Gasteiger partial charge >= 0.3 is 0 Å². The van der Waals surface area contributed by atoms with Crippen LogP contribution in [-0.4, -0.2) is 18.3 Å². The molecule has 0 aliphatic heterocycles. The lowest BCUT2D eigenvalue weighted by atomic mass is 10.1. The van der Waals surface area contributed by atoms with Crippen molar-refractivity contribution in [1.29, 1.82) is 0 Å². The van der Waals surface area contributed by atoms with Crippen LogP contribution in [0.2, 0.25) is 0 Å². The molecule has 4 heteroatoms. The second kappa shape index (κ2) is 7.01. The van der Waals surface area contributed by atoms with E-state index in [1.807, 2.05) is 13.8 Å². The largest absolute Gasteiger partial charge is 0.507 e. The standard InChI is InChI=1S/C13H21NO3/c1-3-5-16-10-7-12(15)11(9-14)13(8-10)17-6-4-2/h7-8,15H,3-6,9,14H2,1-2H3. The highest BCUT2D eigenvalue weighted by atomic mass is 16.5. The molecule has 1 rings (SSSR count). The molecule has 0 fully saturated rings. The molecule has 3 N–H and O–H groups in total. The molecule has 0 aromatic heterocycles. The van der Waals surface area contributed by atoms with Gasteiger partial charge in [0.25, 0.3) is 0 Å². The summed E-state index contributed by atoms with van der Waals surface area (Å²) < 4.78 is 11.0. The maximum Gasteiger partial charge on any atom is 0.131 e. The summed E-state index contributed by atoms with van der Waals surface area (Å²) in [6, 6.07) is 3.36. The Kier molecular flexibility index (Phi) is 5.63. The van der Waals surface area contributed by atoms with Gasteiger partial charge in [-0.3, -0.25) is 0 Å². The van der Waals surface area contributed by atoms with E-state index in [9.17, 15) is 5.11 Å². The van der Waals surface area contributed by atoms with E-state index < -0.39 is 0 Å². The Bertz CT molecular complexity index is 353. The van der Waals surface area contributed by atoms with Gasteiger partial charge in [-0.05, 0) is 12.8 Å². The molecule has 0 atom stereocenters. The van der Waals surface area contributed by atoms with E-state index in [1.165, 1.54) is 0 Å². The van der Waals surface area contributed by atoms with Crippen LogP contribution in [0.4, 0.5) is 0 Å². The summed E-state index contributed by atoms with van der Waals surface area (Å²) in [5, 5.41) is 9.83. The van der Waals surface area contributed by atoms with E-state index >= 15 is 0 Å². The predicted octanol–water partition coefficient (Wildman–Crippen LogP) is 2.43. The Balaban J connectivity index is 2.92. The number of nitrogens with two attached hydrogens (primary N) is 1. The summed E-state index contributed by atoms with van der Waals surface area (Å²) in [5.41, 5.74) is 6.22. The Morgan fingerprint density at radius 1 is 1.12 bits per heavy atom. The molecule has 0 aliphatic rings. The maximum absolute atomic E-state index is 9.83. The third kappa shape index (κ3) is 3.82. The third-order valence-electron chi connectivity index (χ3n) is 2.30. The van der Waals surface area contributed by atoms with Crippen molar-refractivity contribution in [3.05, 3.63) is 17.7 Å². The minimum Gasteiger partial charge on any atom is -0.507 e. The van der Waals surface area contributed by atoms with Crippen LogP contribution in [0.1, 0.15) is 32.3 Å². The van der Waals surface area contributed by atoms with Gasteiger partial charge in [0.05, 0.1) is 13.2 Å². The molecule has 0 amide bonds. The van der Waals surface area contributed by atoms with E-state index in [-0.39, 0.29) is 12.3 Å². The van der Waals surface area contributed by atoms with Crippen LogP contribution in [0.5, 0.6) is 17.2 Å². The van der Waals surface area contributed by atoms with Gasteiger partial charge in [0.15, 0.2) is 0 Å². The van der Waals surface area contributed by atoms with Crippen LogP contribution in [0.3, 0.4) is 0 Å². The zero-order valence-electron chi connectivity index (χ0n) is 10.5. The van der Waals surface area contributed by atoms with Crippen molar-refractivity contribution < 1.29 is 14.6 Å². The lowest BCUT2D eigenvalue weighted by molar-refractivity contribution is 0.295. The average Bonchev–Trinajstić information content (AvgIpc) is 2.33.